The Balaban J connectivity index is 2.18. The fourth-order valence-corrected chi connectivity index (χ4v) is 8.56. The maximum Gasteiger partial charge on any atom is 0.311 e. The topological polar surface area (TPSA) is 189 Å². The fourth-order valence-electron chi connectivity index (χ4n) is 8.56. The molecule has 0 radical (unpaired) electrons. The molecule has 0 aromatic heterocycles. The number of cyclic esters (lactones) is 1. The summed E-state index contributed by atoms with van der Waals surface area (Å²) < 4.78 is 37.5. The number of hydrogen-bond acceptors (Lipinski definition) is 14. The van der Waals surface area contributed by atoms with Gasteiger partial charge in [-0.05, 0) is 68.0 Å². The molecule has 3 aliphatic rings. The van der Waals surface area contributed by atoms with E-state index in [9.17, 15) is 30.4 Å². The van der Waals surface area contributed by atoms with E-state index in [1.807, 2.05) is 39.8 Å². The van der Waals surface area contributed by atoms with Crippen LogP contribution in [0.5, 0.6) is 0 Å². The van der Waals surface area contributed by atoms with Crippen LogP contribution in [0.3, 0.4) is 0 Å². The molecule has 0 aromatic carbocycles. The molecule has 0 amide bonds. The largest absolute Gasteiger partial charge is 0.462 e. The lowest BCUT2D eigenvalue weighted by Crippen LogP contribution is -2.60. The second-order valence-corrected chi connectivity index (χ2v) is 16.3. The van der Waals surface area contributed by atoms with Gasteiger partial charge in [0.05, 0.1) is 53.4 Å². The monoisotopic (exact) mass is 732 g/mol. The normalized spacial score (nSPS) is 49.1. The van der Waals surface area contributed by atoms with Gasteiger partial charge in [-0.2, -0.15) is 0 Å². The Bertz CT molecular complexity index is 1160. The lowest BCUT2D eigenvalue weighted by molar-refractivity contribution is -0.317. The van der Waals surface area contributed by atoms with Gasteiger partial charge in [-0.25, -0.2) is 0 Å². The van der Waals surface area contributed by atoms with Crippen LogP contribution in [0, 0.1) is 29.6 Å². The van der Waals surface area contributed by atoms with Crippen LogP contribution in [0.25, 0.3) is 0 Å². The first-order chi connectivity index (χ1) is 23.6. The van der Waals surface area contributed by atoms with Crippen molar-refractivity contribution in [3.63, 3.8) is 0 Å². The molecular weight excluding hydrogens is 664 g/mol. The molecule has 14 heteroatoms. The van der Waals surface area contributed by atoms with Crippen LogP contribution in [0.1, 0.15) is 94.9 Å². The average Bonchev–Trinajstić information content (AvgIpc) is 3.06. The quantitative estimate of drug-likeness (QED) is 0.146. The molecule has 0 bridgehead atoms. The molecule has 298 valence electrons. The predicted octanol–water partition coefficient (Wildman–Crippen LogP) is 2.93. The minimum absolute atomic E-state index is 0.0238. The Morgan fingerprint density at radius 2 is 1.55 bits per heavy atom. The summed E-state index contributed by atoms with van der Waals surface area (Å²) in [4.78, 5) is 16.0. The zero-order valence-corrected chi connectivity index (χ0v) is 33.1. The summed E-state index contributed by atoms with van der Waals surface area (Å²) in [6.07, 6.45) is -7.72. The Kier molecular flexibility index (Phi) is 15.3. The van der Waals surface area contributed by atoms with Crippen molar-refractivity contribution in [2.24, 2.45) is 34.7 Å². The standard InChI is InChI=1S/C37H68N2O12/c1-14-26-20(4)29(40)21(5)28(38-45)18(2)16-36(9,44)33(51-35-30(41)25(39(11)12)15-19(3)47-35)22(6)31(23(7)34(43)49-26)50-27-17-37(10,46-13)32(42)24(8)48-27/h18-27,29-33,35,40-42,44-45H,14-17H2,1-13H3/b38-28+/t18-,19?,20+,21+,22+,23-,24?,25?,26-,27?,29+,30?,31+,32?,33-,35?,36-,37?/m1/s1. The van der Waals surface area contributed by atoms with Crippen molar-refractivity contribution in [2.45, 2.75) is 174 Å². The Hall–Kier alpha value is -1.46. The number of aliphatic hydroxyl groups is 4. The van der Waals surface area contributed by atoms with Crippen molar-refractivity contribution in [1.82, 2.24) is 4.90 Å². The maximum absolute atomic E-state index is 14.1. The molecule has 0 aliphatic carbocycles. The van der Waals surface area contributed by atoms with E-state index in [0.29, 0.717) is 12.8 Å². The van der Waals surface area contributed by atoms with Crippen LogP contribution in [0.2, 0.25) is 0 Å². The number of carbonyl (C=O) groups excluding carboxylic acids is 1. The van der Waals surface area contributed by atoms with Crippen molar-refractivity contribution in [2.75, 3.05) is 21.2 Å². The van der Waals surface area contributed by atoms with E-state index >= 15 is 0 Å². The Labute approximate surface area is 304 Å². The molecule has 51 heavy (non-hydrogen) atoms. The number of oxime groups is 1. The Morgan fingerprint density at radius 3 is 2.10 bits per heavy atom. The number of nitrogens with zero attached hydrogens (tertiary/aromatic N) is 2. The number of esters is 1. The highest BCUT2D eigenvalue weighted by Crippen LogP contribution is 2.40. The lowest BCUT2D eigenvalue weighted by atomic mass is 9.74. The van der Waals surface area contributed by atoms with E-state index in [1.54, 1.807) is 48.5 Å². The number of rotatable bonds is 7. The first kappa shape index (κ1) is 43.9. The van der Waals surface area contributed by atoms with Crippen molar-refractivity contribution >= 4 is 11.7 Å². The SMILES string of the molecule is CC[C@H]1OC(=O)[C@H](C)[C@@H](OC2CC(C)(OC)C(O)C(C)O2)[C@H](C)[C@@H](OC2OC(C)CC(N(C)C)C2O)[C@](C)(O)C[C@@H](C)/C(=N\O)[C@H](C)[C@@H](O)[C@H]1C. The van der Waals surface area contributed by atoms with Gasteiger partial charge >= 0.3 is 5.97 Å². The summed E-state index contributed by atoms with van der Waals surface area (Å²) in [5, 5.41) is 60.2. The molecule has 3 heterocycles. The molecule has 3 fully saturated rings. The second-order valence-electron chi connectivity index (χ2n) is 16.3. The van der Waals surface area contributed by atoms with E-state index in [1.165, 1.54) is 7.11 Å². The van der Waals surface area contributed by atoms with Crippen LogP contribution in [0.4, 0.5) is 0 Å². The lowest BCUT2D eigenvalue weighted by Gasteiger charge is -2.49. The Morgan fingerprint density at radius 1 is 0.922 bits per heavy atom. The van der Waals surface area contributed by atoms with Crippen molar-refractivity contribution in [1.29, 1.82) is 0 Å². The number of methoxy groups -OCH3 is 1. The van der Waals surface area contributed by atoms with Gasteiger partial charge in [0.2, 0.25) is 0 Å². The minimum Gasteiger partial charge on any atom is -0.462 e. The number of hydrogen-bond donors (Lipinski definition) is 5. The van der Waals surface area contributed by atoms with Crippen molar-refractivity contribution < 1.29 is 58.8 Å². The number of carbonyl (C=O) groups is 1. The average molecular weight is 733 g/mol. The first-order valence-corrected chi connectivity index (χ1v) is 18.7. The number of likely N-dealkylation sites (N-methyl/N-ethyl adjacent to an activating group) is 1. The number of ether oxygens (including phenoxy) is 6. The molecule has 5 N–H and O–H groups in total. The van der Waals surface area contributed by atoms with Gasteiger partial charge in [0, 0.05) is 43.2 Å². The number of aliphatic hydroxyl groups excluding tert-OH is 3. The zero-order chi connectivity index (χ0) is 38.7. The van der Waals surface area contributed by atoms with Gasteiger partial charge in [-0.1, -0.05) is 39.8 Å². The molecule has 18 atom stereocenters. The van der Waals surface area contributed by atoms with Crippen molar-refractivity contribution in [3.05, 3.63) is 0 Å². The van der Waals surface area contributed by atoms with E-state index in [-0.39, 0.29) is 30.7 Å². The van der Waals surface area contributed by atoms with E-state index in [2.05, 4.69) is 5.16 Å². The minimum atomic E-state index is -1.69. The second kappa shape index (κ2) is 17.8. The predicted molar refractivity (Wildman–Crippen MR) is 189 cm³/mol. The van der Waals surface area contributed by atoms with Crippen LogP contribution in [-0.4, -0.2) is 142 Å². The summed E-state index contributed by atoms with van der Waals surface area (Å²) in [6.45, 7) is 17.7. The highest BCUT2D eigenvalue weighted by Gasteiger charge is 2.52. The fraction of sp³-hybridized carbons (Fsp3) is 0.946. The van der Waals surface area contributed by atoms with E-state index in [4.69, 9.17) is 28.4 Å². The smallest absolute Gasteiger partial charge is 0.311 e. The molecule has 3 rings (SSSR count). The van der Waals surface area contributed by atoms with Gasteiger partial charge in [-0.15, -0.1) is 0 Å². The molecule has 0 saturated carbocycles. The van der Waals surface area contributed by atoms with Crippen LogP contribution >= 0.6 is 0 Å². The van der Waals surface area contributed by atoms with Gasteiger partial charge in [0.1, 0.15) is 18.3 Å². The molecule has 8 unspecified atom stereocenters. The molecule has 3 aliphatic heterocycles. The summed E-state index contributed by atoms with van der Waals surface area (Å²) in [5.74, 6) is -3.99. The van der Waals surface area contributed by atoms with Crippen molar-refractivity contribution in [3.8, 4) is 0 Å². The summed E-state index contributed by atoms with van der Waals surface area (Å²) in [7, 11) is 5.25. The highest BCUT2D eigenvalue weighted by molar-refractivity contribution is 5.88. The van der Waals surface area contributed by atoms with Crippen LogP contribution in [0.15, 0.2) is 5.16 Å². The third-order valence-corrected chi connectivity index (χ3v) is 11.9. The molecule has 0 aromatic rings. The third kappa shape index (κ3) is 9.81. The molecular formula is C37H68N2O12. The van der Waals surface area contributed by atoms with Gasteiger partial charge in [0.15, 0.2) is 12.6 Å². The summed E-state index contributed by atoms with van der Waals surface area (Å²) in [5.41, 5.74) is -2.43. The van der Waals surface area contributed by atoms with Gasteiger partial charge in [0.25, 0.3) is 0 Å². The van der Waals surface area contributed by atoms with Crippen LogP contribution in [-0.2, 0) is 33.2 Å². The third-order valence-electron chi connectivity index (χ3n) is 11.9. The molecule has 14 nitrogen and oxygen atoms in total. The van der Waals surface area contributed by atoms with Crippen LogP contribution < -0.4 is 0 Å². The highest BCUT2D eigenvalue weighted by atomic mass is 16.7. The summed E-state index contributed by atoms with van der Waals surface area (Å²) >= 11 is 0. The van der Waals surface area contributed by atoms with E-state index < -0.39 is 102 Å². The zero-order valence-electron chi connectivity index (χ0n) is 33.1. The van der Waals surface area contributed by atoms with E-state index in [0.717, 1.165) is 0 Å². The first-order valence-electron chi connectivity index (χ1n) is 18.7. The maximum atomic E-state index is 14.1. The van der Waals surface area contributed by atoms with Gasteiger partial charge < -0.3 is 59.0 Å². The summed E-state index contributed by atoms with van der Waals surface area (Å²) in [6, 6.07) is -0.295. The van der Waals surface area contributed by atoms with Gasteiger partial charge in [-0.3, -0.25) is 4.79 Å². The molecule has 0 spiro atoms. The molecule has 3 saturated heterocycles.